The average Bonchev–Trinajstić information content (AvgIpc) is 2.54. The minimum absolute atomic E-state index is 0.00104. The lowest BCUT2D eigenvalue weighted by atomic mass is 10.2. The van der Waals surface area contributed by atoms with Crippen molar-refractivity contribution in [1.82, 2.24) is 0 Å². The standard InChI is InChI=1S/C15H11F4N3O3S/c16-9-1-3-10(4-2-9)20-14(26)21-11-5-12(22(23)24)7-13(6-11)25-8-15(17,18)19/h1-7H,8H2,(H2,20,21,26). The predicted octanol–water partition coefficient (Wildman–Crippen LogP) is 4.48. The molecule has 0 bridgehead atoms. The highest BCUT2D eigenvalue weighted by Crippen LogP contribution is 2.27. The molecule has 26 heavy (non-hydrogen) atoms. The van der Waals surface area contributed by atoms with Crippen LogP contribution in [0.1, 0.15) is 0 Å². The number of nitrogens with zero attached hydrogens (tertiary/aromatic N) is 1. The van der Waals surface area contributed by atoms with Crippen LogP contribution in [0, 0.1) is 15.9 Å². The molecule has 2 aromatic rings. The van der Waals surface area contributed by atoms with Gasteiger partial charge in [-0.25, -0.2) is 4.39 Å². The Kier molecular flexibility index (Phi) is 5.93. The van der Waals surface area contributed by atoms with Crippen molar-refractivity contribution in [2.45, 2.75) is 6.18 Å². The fourth-order valence-corrected chi connectivity index (χ4v) is 2.07. The Bertz CT molecular complexity index is 813. The Hall–Kier alpha value is -2.95. The van der Waals surface area contributed by atoms with Gasteiger partial charge >= 0.3 is 6.18 Å². The van der Waals surface area contributed by atoms with Gasteiger partial charge < -0.3 is 15.4 Å². The summed E-state index contributed by atoms with van der Waals surface area (Å²) in [6.45, 7) is -1.59. The molecule has 138 valence electrons. The van der Waals surface area contributed by atoms with Crippen LogP contribution in [0.3, 0.4) is 0 Å². The van der Waals surface area contributed by atoms with E-state index >= 15 is 0 Å². The van der Waals surface area contributed by atoms with E-state index < -0.39 is 29.2 Å². The molecule has 0 heterocycles. The number of benzene rings is 2. The van der Waals surface area contributed by atoms with Crippen molar-refractivity contribution >= 4 is 34.4 Å². The molecule has 0 saturated heterocycles. The van der Waals surface area contributed by atoms with E-state index in [1.807, 2.05) is 0 Å². The van der Waals surface area contributed by atoms with Crippen molar-refractivity contribution in [1.29, 1.82) is 0 Å². The molecule has 0 spiro atoms. The zero-order valence-corrected chi connectivity index (χ0v) is 13.7. The average molecular weight is 389 g/mol. The molecule has 0 radical (unpaired) electrons. The third-order valence-electron chi connectivity index (χ3n) is 2.86. The smallest absolute Gasteiger partial charge is 0.422 e. The van der Waals surface area contributed by atoms with Crippen LogP contribution in [0.5, 0.6) is 5.75 Å². The Morgan fingerprint density at radius 3 is 2.31 bits per heavy atom. The maximum Gasteiger partial charge on any atom is 0.422 e. The lowest BCUT2D eigenvalue weighted by Crippen LogP contribution is -2.20. The minimum atomic E-state index is -4.59. The molecule has 2 N–H and O–H groups in total. The summed E-state index contributed by atoms with van der Waals surface area (Å²) < 4.78 is 54.1. The van der Waals surface area contributed by atoms with Crippen molar-refractivity contribution in [3.63, 3.8) is 0 Å². The topological polar surface area (TPSA) is 76.4 Å². The van der Waals surface area contributed by atoms with E-state index in [4.69, 9.17) is 12.2 Å². The summed E-state index contributed by atoms with van der Waals surface area (Å²) in [5.41, 5.74) is 0.0237. The van der Waals surface area contributed by atoms with E-state index in [0.29, 0.717) is 5.69 Å². The number of hydrogen-bond donors (Lipinski definition) is 2. The van der Waals surface area contributed by atoms with Crippen LogP contribution in [-0.2, 0) is 0 Å². The molecule has 0 aliphatic rings. The number of anilines is 2. The second kappa shape index (κ2) is 7.95. The minimum Gasteiger partial charge on any atom is -0.484 e. The second-order valence-corrected chi connectivity index (χ2v) is 5.37. The molecule has 11 heteroatoms. The Labute approximate surface area is 149 Å². The number of ether oxygens (including phenoxy) is 1. The van der Waals surface area contributed by atoms with Crippen LogP contribution in [0.2, 0.25) is 0 Å². The van der Waals surface area contributed by atoms with Gasteiger partial charge in [0.1, 0.15) is 11.6 Å². The number of rotatable bonds is 5. The first-order valence-electron chi connectivity index (χ1n) is 6.95. The highest BCUT2D eigenvalue weighted by molar-refractivity contribution is 7.80. The summed E-state index contributed by atoms with van der Waals surface area (Å²) in [5, 5.41) is 16.2. The number of alkyl halides is 3. The summed E-state index contributed by atoms with van der Waals surface area (Å²) >= 11 is 5.02. The summed E-state index contributed by atoms with van der Waals surface area (Å²) in [4.78, 5) is 10.2. The molecule has 0 unspecified atom stereocenters. The monoisotopic (exact) mass is 389 g/mol. The van der Waals surface area contributed by atoms with Crippen LogP contribution in [0.15, 0.2) is 42.5 Å². The molecule has 0 aliphatic carbocycles. The van der Waals surface area contributed by atoms with Gasteiger partial charge in [-0.15, -0.1) is 0 Å². The van der Waals surface area contributed by atoms with Crippen molar-refractivity contribution < 1.29 is 27.2 Å². The SMILES string of the molecule is O=[N+]([O-])c1cc(NC(=S)Nc2ccc(F)cc2)cc(OCC(F)(F)F)c1. The van der Waals surface area contributed by atoms with E-state index in [9.17, 15) is 27.7 Å². The number of nitro benzene ring substituents is 1. The molecule has 0 saturated carbocycles. The Morgan fingerprint density at radius 1 is 1.12 bits per heavy atom. The molecule has 0 fully saturated rings. The lowest BCUT2D eigenvalue weighted by molar-refractivity contribution is -0.384. The molecule has 2 rings (SSSR count). The normalized spacial score (nSPS) is 10.9. The molecule has 0 aliphatic heterocycles. The van der Waals surface area contributed by atoms with Crippen molar-refractivity contribution in [3.8, 4) is 5.75 Å². The van der Waals surface area contributed by atoms with Gasteiger partial charge in [-0.2, -0.15) is 13.2 Å². The molecule has 0 amide bonds. The number of halogens is 4. The highest BCUT2D eigenvalue weighted by Gasteiger charge is 2.28. The van der Waals surface area contributed by atoms with Gasteiger partial charge in [0.2, 0.25) is 0 Å². The van der Waals surface area contributed by atoms with Gasteiger partial charge in [0.15, 0.2) is 11.7 Å². The van der Waals surface area contributed by atoms with Gasteiger partial charge in [0.05, 0.1) is 16.7 Å². The van der Waals surface area contributed by atoms with E-state index in [1.165, 1.54) is 24.3 Å². The summed E-state index contributed by atoms with van der Waals surface area (Å²) in [6, 6.07) is 8.30. The Morgan fingerprint density at radius 2 is 1.73 bits per heavy atom. The van der Waals surface area contributed by atoms with Crippen LogP contribution in [0.4, 0.5) is 34.6 Å². The maximum atomic E-state index is 12.9. The summed E-state index contributed by atoms with van der Waals surface area (Å²) in [5.74, 6) is -0.789. The van der Waals surface area contributed by atoms with Gasteiger partial charge in [-0.1, -0.05) is 0 Å². The van der Waals surface area contributed by atoms with E-state index in [-0.39, 0.29) is 16.5 Å². The maximum absolute atomic E-state index is 12.9. The first-order valence-corrected chi connectivity index (χ1v) is 7.36. The fraction of sp³-hybridized carbons (Fsp3) is 0.133. The number of nitrogens with one attached hydrogen (secondary N) is 2. The first kappa shape index (κ1) is 19.4. The number of thiocarbonyl (C=S) groups is 1. The van der Waals surface area contributed by atoms with Crippen molar-refractivity contribution in [2.24, 2.45) is 0 Å². The van der Waals surface area contributed by atoms with E-state index in [2.05, 4.69) is 15.4 Å². The van der Waals surface area contributed by atoms with Crippen LogP contribution >= 0.6 is 12.2 Å². The van der Waals surface area contributed by atoms with Gasteiger partial charge in [-0.3, -0.25) is 10.1 Å². The number of nitro groups is 1. The van der Waals surface area contributed by atoms with Crippen LogP contribution in [-0.4, -0.2) is 22.8 Å². The molecular weight excluding hydrogens is 378 g/mol. The largest absolute Gasteiger partial charge is 0.484 e. The quantitative estimate of drug-likeness (QED) is 0.340. The van der Waals surface area contributed by atoms with Gasteiger partial charge in [-0.05, 0) is 36.5 Å². The van der Waals surface area contributed by atoms with Gasteiger partial charge in [0.25, 0.3) is 5.69 Å². The zero-order chi connectivity index (χ0) is 19.3. The third-order valence-corrected chi connectivity index (χ3v) is 3.07. The van der Waals surface area contributed by atoms with Crippen LogP contribution < -0.4 is 15.4 Å². The highest BCUT2D eigenvalue weighted by atomic mass is 32.1. The molecule has 6 nitrogen and oxygen atoms in total. The summed E-state index contributed by atoms with van der Waals surface area (Å²) in [7, 11) is 0. The van der Waals surface area contributed by atoms with E-state index in [1.54, 1.807) is 0 Å². The first-order chi connectivity index (χ1) is 12.1. The third kappa shape index (κ3) is 6.16. The molecule has 0 aromatic heterocycles. The van der Waals surface area contributed by atoms with Crippen LogP contribution in [0.25, 0.3) is 0 Å². The number of hydrogen-bond acceptors (Lipinski definition) is 4. The predicted molar refractivity (Wildman–Crippen MR) is 90.9 cm³/mol. The van der Waals surface area contributed by atoms with E-state index in [0.717, 1.165) is 18.2 Å². The van der Waals surface area contributed by atoms with Crippen molar-refractivity contribution in [2.75, 3.05) is 17.2 Å². The molecular formula is C15H11F4N3O3S. The fourth-order valence-electron chi connectivity index (χ4n) is 1.84. The van der Waals surface area contributed by atoms with Crippen molar-refractivity contribution in [3.05, 3.63) is 58.4 Å². The zero-order valence-electron chi connectivity index (χ0n) is 12.8. The molecule has 2 aromatic carbocycles. The lowest BCUT2D eigenvalue weighted by Gasteiger charge is -2.13. The molecule has 0 atom stereocenters. The second-order valence-electron chi connectivity index (χ2n) is 4.96. The summed E-state index contributed by atoms with van der Waals surface area (Å²) in [6.07, 6.45) is -4.59. The Balaban J connectivity index is 2.13. The number of non-ortho nitro benzene ring substituents is 1. The van der Waals surface area contributed by atoms with Gasteiger partial charge in [0, 0.05) is 17.8 Å².